The van der Waals surface area contributed by atoms with Crippen LogP contribution in [0.15, 0.2) is 42.5 Å². The van der Waals surface area contributed by atoms with Crippen LogP contribution in [0.4, 0.5) is 5.95 Å². The number of rotatable bonds is 7. The fourth-order valence-corrected chi connectivity index (χ4v) is 4.37. The Morgan fingerprint density at radius 2 is 1.97 bits per heavy atom. The molecule has 1 aliphatic heterocycles. The van der Waals surface area contributed by atoms with Crippen molar-refractivity contribution in [2.45, 2.75) is 32.4 Å². The largest absolute Gasteiger partial charge is 0.491 e. The van der Waals surface area contributed by atoms with E-state index in [-0.39, 0.29) is 0 Å². The van der Waals surface area contributed by atoms with Gasteiger partial charge in [-0.05, 0) is 43.7 Å². The highest BCUT2D eigenvalue weighted by Crippen LogP contribution is 2.26. The lowest BCUT2D eigenvalue weighted by molar-refractivity contribution is -0.107. The van der Waals surface area contributed by atoms with Crippen LogP contribution in [0.2, 0.25) is 5.02 Å². The fraction of sp³-hybridized carbons (Fsp3) is 0.391. The molecule has 0 saturated carbocycles. The Kier molecular flexibility index (Phi) is 6.25. The number of halogens is 1. The Hall–Kier alpha value is -2.57. The third-order valence-electron chi connectivity index (χ3n) is 5.70. The first-order valence-corrected chi connectivity index (χ1v) is 10.7. The molecule has 2 aromatic carbocycles. The van der Waals surface area contributed by atoms with Gasteiger partial charge >= 0.3 is 0 Å². The molecule has 1 fully saturated rings. The lowest BCUT2D eigenvalue weighted by atomic mass is 10.1. The van der Waals surface area contributed by atoms with E-state index >= 15 is 0 Å². The van der Waals surface area contributed by atoms with Crippen molar-refractivity contribution in [2.24, 2.45) is 0 Å². The van der Waals surface area contributed by atoms with E-state index in [0.29, 0.717) is 35.9 Å². The number of aromatic nitrogens is 2. The molecule has 2 heterocycles. The van der Waals surface area contributed by atoms with E-state index in [1.165, 1.54) is 0 Å². The zero-order valence-corrected chi connectivity index (χ0v) is 18.1. The van der Waals surface area contributed by atoms with Crippen LogP contribution in [0.3, 0.4) is 0 Å². The van der Waals surface area contributed by atoms with Crippen molar-refractivity contribution in [1.29, 1.82) is 0 Å². The van der Waals surface area contributed by atoms with Gasteiger partial charge in [0.2, 0.25) is 5.95 Å². The molecule has 6 nitrogen and oxygen atoms in total. The summed E-state index contributed by atoms with van der Waals surface area (Å²) in [4.78, 5) is 23.7. The van der Waals surface area contributed by atoms with Crippen molar-refractivity contribution < 1.29 is 9.53 Å². The van der Waals surface area contributed by atoms with E-state index in [2.05, 4.69) is 34.7 Å². The van der Waals surface area contributed by atoms with Crippen molar-refractivity contribution in [2.75, 3.05) is 31.1 Å². The second-order valence-corrected chi connectivity index (χ2v) is 8.31. The average Bonchev–Trinajstić information content (AvgIpc) is 3.16. The maximum atomic E-state index is 10.8. The maximum absolute atomic E-state index is 10.8. The summed E-state index contributed by atoms with van der Waals surface area (Å²) in [5.74, 6) is 1.57. The van der Waals surface area contributed by atoms with Gasteiger partial charge in [0, 0.05) is 38.1 Å². The van der Waals surface area contributed by atoms with Crippen LogP contribution in [0.1, 0.15) is 19.4 Å². The zero-order valence-electron chi connectivity index (χ0n) is 17.3. The molecule has 0 spiro atoms. The average molecular weight is 427 g/mol. The lowest BCUT2D eigenvalue weighted by Crippen LogP contribution is -2.57. The Morgan fingerprint density at radius 3 is 2.70 bits per heavy atom. The molecule has 1 aromatic heterocycles. The SMILES string of the molecule is C[C@@H]1CN(c2nc3ccccc3[nH]2)C[C@H](C)N1CCOc1cc(CC=O)ccc1Cl. The molecule has 0 bridgehead atoms. The van der Waals surface area contributed by atoms with Crippen LogP contribution in [0.25, 0.3) is 11.0 Å². The number of aromatic amines is 1. The van der Waals surface area contributed by atoms with Crippen molar-refractivity contribution >= 4 is 34.9 Å². The minimum absolute atomic E-state index is 0.363. The van der Waals surface area contributed by atoms with E-state index in [1.54, 1.807) is 6.07 Å². The summed E-state index contributed by atoms with van der Waals surface area (Å²) in [6, 6.07) is 14.3. The third-order valence-corrected chi connectivity index (χ3v) is 6.01. The van der Waals surface area contributed by atoms with Crippen LogP contribution in [0.5, 0.6) is 5.75 Å². The minimum atomic E-state index is 0.363. The molecule has 30 heavy (non-hydrogen) atoms. The van der Waals surface area contributed by atoms with Crippen LogP contribution < -0.4 is 9.64 Å². The first kappa shape index (κ1) is 20.7. The molecule has 158 valence electrons. The number of ether oxygens (including phenoxy) is 1. The molecule has 4 rings (SSSR count). The third kappa shape index (κ3) is 4.45. The summed E-state index contributed by atoms with van der Waals surface area (Å²) >= 11 is 6.25. The molecule has 1 saturated heterocycles. The van der Waals surface area contributed by atoms with E-state index in [1.807, 2.05) is 30.3 Å². The molecular weight excluding hydrogens is 400 g/mol. The van der Waals surface area contributed by atoms with Crippen molar-refractivity contribution in [1.82, 2.24) is 14.9 Å². The number of imidazole rings is 1. The summed E-state index contributed by atoms with van der Waals surface area (Å²) in [5, 5.41) is 0.570. The molecule has 1 N–H and O–H groups in total. The maximum Gasteiger partial charge on any atom is 0.203 e. The second kappa shape index (κ2) is 9.06. The standard InChI is InChI=1S/C23H27ClN4O2/c1-16-14-27(23-25-20-5-3-4-6-21(20)26-23)15-17(2)28(16)10-12-30-22-13-18(9-11-29)7-8-19(22)24/h3-8,11,13,16-17H,9-10,12,14-15H2,1-2H3,(H,25,26)/t16-,17+. The molecule has 0 radical (unpaired) electrons. The van der Waals surface area contributed by atoms with Crippen LogP contribution in [0, 0.1) is 0 Å². The van der Waals surface area contributed by atoms with Crippen LogP contribution in [-0.4, -0.2) is 59.5 Å². The molecule has 7 heteroatoms. The number of nitrogens with zero attached hydrogens (tertiary/aromatic N) is 3. The van der Waals surface area contributed by atoms with E-state index in [0.717, 1.165) is 48.5 Å². The Morgan fingerprint density at radius 1 is 1.20 bits per heavy atom. The highest BCUT2D eigenvalue weighted by atomic mass is 35.5. The number of anilines is 1. The monoisotopic (exact) mass is 426 g/mol. The number of carbonyl (C=O) groups excluding carboxylic acids is 1. The van der Waals surface area contributed by atoms with Gasteiger partial charge in [-0.3, -0.25) is 4.90 Å². The fourth-order valence-electron chi connectivity index (χ4n) is 4.20. The molecule has 2 atom stereocenters. The summed E-state index contributed by atoms with van der Waals surface area (Å²) in [6.07, 6.45) is 1.25. The first-order chi connectivity index (χ1) is 14.5. The smallest absolute Gasteiger partial charge is 0.203 e. The molecule has 0 aliphatic carbocycles. The first-order valence-electron chi connectivity index (χ1n) is 10.4. The topological polar surface area (TPSA) is 61.5 Å². The minimum Gasteiger partial charge on any atom is -0.491 e. The van der Waals surface area contributed by atoms with E-state index in [4.69, 9.17) is 21.3 Å². The highest BCUT2D eigenvalue weighted by Gasteiger charge is 2.30. The molecular formula is C23H27ClN4O2. The van der Waals surface area contributed by atoms with Gasteiger partial charge in [-0.1, -0.05) is 29.8 Å². The molecule has 3 aromatic rings. The number of benzene rings is 2. The van der Waals surface area contributed by atoms with Gasteiger partial charge in [0.15, 0.2) is 0 Å². The molecule has 1 aliphatic rings. The number of hydrogen-bond donors (Lipinski definition) is 1. The molecule has 0 unspecified atom stereocenters. The zero-order chi connectivity index (χ0) is 21.1. The lowest BCUT2D eigenvalue weighted by Gasteiger charge is -2.44. The Labute approximate surface area is 181 Å². The predicted octanol–water partition coefficient (Wildman–Crippen LogP) is 3.94. The van der Waals surface area contributed by atoms with Crippen molar-refractivity contribution in [3.8, 4) is 5.75 Å². The number of fused-ring (bicyclic) bond motifs is 1. The van der Waals surface area contributed by atoms with E-state index in [9.17, 15) is 4.79 Å². The second-order valence-electron chi connectivity index (χ2n) is 7.90. The summed E-state index contributed by atoms with van der Waals surface area (Å²) in [5.41, 5.74) is 2.97. The Balaban J connectivity index is 1.36. The van der Waals surface area contributed by atoms with Crippen molar-refractivity contribution in [3.05, 3.63) is 53.1 Å². The van der Waals surface area contributed by atoms with Crippen molar-refractivity contribution in [3.63, 3.8) is 0 Å². The van der Waals surface area contributed by atoms with Crippen LogP contribution in [-0.2, 0) is 11.2 Å². The van der Waals surface area contributed by atoms with Crippen LogP contribution >= 0.6 is 11.6 Å². The highest BCUT2D eigenvalue weighted by molar-refractivity contribution is 6.32. The number of H-pyrrole nitrogens is 1. The summed E-state index contributed by atoms with van der Waals surface area (Å²) in [7, 11) is 0. The predicted molar refractivity (Wildman–Crippen MR) is 121 cm³/mol. The van der Waals surface area contributed by atoms with Gasteiger partial charge in [0.05, 0.1) is 16.1 Å². The summed E-state index contributed by atoms with van der Waals surface area (Å²) in [6.45, 7) is 7.64. The number of nitrogens with one attached hydrogen (secondary N) is 1. The number of aldehydes is 1. The number of hydrogen-bond acceptors (Lipinski definition) is 5. The summed E-state index contributed by atoms with van der Waals surface area (Å²) < 4.78 is 5.95. The van der Waals surface area contributed by atoms with Gasteiger partial charge < -0.3 is 19.4 Å². The number of piperazine rings is 1. The van der Waals surface area contributed by atoms with Gasteiger partial charge in [0.1, 0.15) is 18.6 Å². The molecule has 0 amide bonds. The quantitative estimate of drug-likeness (QED) is 0.580. The number of para-hydroxylation sites is 2. The number of carbonyl (C=O) groups is 1. The Bertz CT molecular complexity index is 976. The van der Waals surface area contributed by atoms with Gasteiger partial charge in [-0.25, -0.2) is 4.98 Å². The van der Waals surface area contributed by atoms with Gasteiger partial charge in [-0.15, -0.1) is 0 Å². The van der Waals surface area contributed by atoms with Gasteiger partial charge in [0.25, 0.3) is 0 Å². The normalized spacial score (nSPS) is 19.9. The van der Waals surface area contributed by atoms with Gasteiger partial charge in [-0.2, -0.15) is 0 Å². The van der Waals surface area contributed by atoms with E-state index < -0.39 is 0 Å².